The zero-order valence-corrected chi connectivity index (χ0v) is 12.3. The first-order chi connectivity index (χ1) is 9.74. The fraction of sp³-hybridized carbons (Fsp3) is 0. The third-order valence-corrected chi connectivity index (χ3v) is 4.50. The summed E-state index contributed by atoms with van der Waals surface area (Å²) in [6.45, 7) is 0. The highest BCUT2D eigenvalue weighted by Gasteiger charge is 2.18. The van der Waals surface area contributed by atoms with Crippen LogP contribution in [0.2, 0.25) is 0 Å². The molecular formula is C15H9ClN2O2S. The van der Waals surface area contributed by atoms with Crippen molar-refractivity contribution in [3.8, 4) is 0 Å². The molecule has 2 aromatic carbocycles. The van der Waals surface area contributed by atoms with Gasteiger partial charge < -0.3 is 12.4 Å². The Labute approximate surface area is 129 Å². The summed E-state index contributed by atoms with van der Waals surface area (Å²) in [5, 5.41) is 11.7. The number of para-hydroxylation sites is 1. The Morgan fingerprint density at radius 3 is 2.62 bits per heavy atom. The molecule has 0 fully saturated rings. The highest BCUT2D eigenvalue weighted by Crippen LogP contribution is 2.25. The maximum atomic E-state index is 10.9. The number of fused-ring (bicyclic) bond motifs is 5. The van der Waals surface area contributed by atoms with Gasteiger partial charge in [0.15, 0.2) is 0 Å². The van der Waals surface area contributed by atoms with E-state index in [-0.39, 0.29) is 23.0 Å². The zero-order chi connectivity index (χ0) is 13.7. The number of thiazole rings is 1. The number of halogens is 1. The average Bonchev–Trinajstić information content (AvgIpc) is 2.85. The van der Waals surface area contributed by atoms with Gasteiger partial charge in [0.1, 0.15) is 4.70 Å². The minimum Gasteiger partial charge on any atom is -1.00 e. The lowest BCUT2D eigenvalue weighted by molar-refractivity contribution is -0.446. The summed E-state index contributed by atoms with van der Waals surface area (Å²) in [7, 11) is 0. The van der Waals surface area contributed by atoms with Gasteiger partial charge in [-0.25, -0.2) is 0 Å². The Hall–Kier alpha value is -2.24. The number of hydrogen-bond acceptors (Lipinski definition) is 3. The molecule has 4 nitrogen and oxygen atoms in total. The molecule has 0 aliphatic rings. The van der Waals surface area contributed by atoms with Gasteiger partial charge in [0.2, 0.25) is 11.0 Å². The molecule has 4 aromatic rings. The van der Waals surface area contributed by atoms with Crippen molar-refractivity contribution in [2.24, 2.45) is 0 Å². The van der Waals surface area contributed by atoms with Gasteiger partial charge in [-0.05, 0) is 12.1 Å². The first-order valence-corrected chi connectivity index (χ1v) is 6.96. The van der Waals surface area contributed by atoms with Crippen LogP contribution in [0.25, 0.3) is 25.9 Å². The van der Waals surface area contributed by atoms with Gasteiger partial charge >= 0.3 is 0 Å². The molecule has 0 N–H and O–H groups in total. The Bertz CT molecular complexity index is 997. The number of nitro benzene ring substituents is 1. The molecule has 2 aromatic heterocycles. The maximum absolute atomic E-state index is 10.9. The van der Waals surface area contributed by atoms with Crippen LogP contribution in [0.5, 0.6) is 0 Å². The van der Waals surface area contributed by atoms with Crippen molar-refractivity contribution in [1.29, 1.82) is 0 Å². The molecule has 0 saturated carbocycles. The summed E-state index contributed by atoms with van der Waals surface area (Å²) in [4.78, 5) is 11.6. The van der Waals surface area contributed by atoms with Crippen LogP contribution in [-0.2, 0) is 0 Å². The number of nitro groups is 1. The lowest BCUT2D eigenvalue weighted by Crippen LogP contribution is -3.00. The van der Waals surface area contributed by atoms with Crippen molar-refractivity contribution >= 4 is 43.0 Å². The van der Waals surface area contributed by atoms with E-state index in [1.807, 2.05) is 30.3 Å². The summed E-state index contributed by atoms with van der Waals surface area (Å²) in [5.41, 5.74) is 2.24. The van der Waals surface area contributed by atoms with E-state index >= 15 is 0 Å². The van der Waals surface area contributed by atoms with E-state index in [0.29, 0.717) is 0 Å². The standard InChI is InChI=1S/C15H9N2O2S.ClH/c18-17(19)11-6-7-12-10(9-11)5-8-15-16(12)13-3-1-2-4-14(13)20-15;/h1-9H;1H/q+1;/p-1. The number of non-ortho nitro benzene ring substituents is 1. The van der Waals surface area contributed by atoms with Crippen LogP contribution in [0.3, 0.4) is 0 Å². The molecule has 0 radical (unpaired) electrons. The van der Waals surface area contributed by atoms with E-state index in [2.05, 4.69) is 16.5 Å². The molecule has 21 heavy (non-hydrogen) atoms. The van der Waals surface area contributed by atoms with Crippen molar-refractivity contribution in [1.82, 2.24) is 0 Å². The Balaban J connectivity index is 0.00000132. The number of aromatic nitrogens is 1. The Kier molecular flexibility index (Phi) is 3.23. The van der Waals surface area contributed by atoms with Crippen molar-refractivity contribution < 1.29 is 21.7 Å². The lowest BCUT2D eigenvalue weighted by Gasteiger charge is -1.95. The van der Waals surface area contributed by atoms with Gasteiger partial charge in [0, 0.05) is 30.3 Å². The first kappa shape index (κ1) is 13.7. The molecule has 0 aliphatic heterocycles. The summed E-state index contributed by atoms with van der Waals surface area (Å²) in [6.07, 6.45) is 0. The summed E-state index contributed by atoms with van der Waals surface area (Å²) in [6, 6.07) is 17.1. The molecule has 0 atom stereocenters. The van der Waals surface area contributed by atoms with Gasteiger partial charge in [-0.2, -0.15) is 0 Å². The fourth-order valence-corrected chi connectivity index (χ4v) is 3.58. The number of pyridine rings is 1. The second-order valence-corrected chi connectivity index (χ2v) is 5.64. The van der Waals surface area contributed by atoms with Gasteiger partial charge in [-0.15, -0.1) is 4.40 Å². The highest BCUT2D eigenvalue weighted by atomic mass is 35.5. The van der Waals surface area contributed by atoms with E-state index < -0.39 is 0 Å². The van der Waals surface area contributed by atoms with Crippen LogP contribution in [0.4, 0.5) is 5.69 Å². The fourth-order valence-electron chi connectivity index (χ4n) is 2.52. The summed E-state index contributed by atoms with van der Waals surface area (Å²) < 4.78 is 3.36. The topological polar surface area (TPSA) is 47.2 Å². The second kappa shape index (κ2) is 4.95. The highest BCUT2D eigenvalue weighted by molar-refractivity contribution is 7.23. The van der Waals surface area contributed by atoms with Crippen LogP contribution in [0.1, 0.15) is 0 Å². The van der Waals surface area contributed by atoms with Gasteiger partial charge in [0.05, 0.1) is 10.3 Å². The number of benzene rings is 2. The SMILES string of the molecule is O=[N+]([O-])c1ccc2c(ccc3sc4ccccc4[n+]32)c1.[Cl-]. The minimum absolute atomic E-state index is 0. The van der Waals surface area contributed by atoms with Crippen molar-refractivity contribution in [2.75, 3.05) is 0 Å². The molecule has 0 aliphatic carbocycles. The van der Waals surface area contributed by atoms with E-state index in [0.717, 1.165) is 21.3 Å². The summed E-state index contributed by atoms with van der Waals surface area (Å²) >= 11 is 1.72. The molecule has 0 spiro atoms. The normalized spacial score (nSPS) is 10.9. The number of hydrogen-bond donors (Lipinski definition) is 0. The van der Waals surface area contributed by atoms with Crippen LogP contribution in [0, 0.1) is 10.1 Å². The lowest BCUT2D eigenvalue weighted by atomic mass is 10.2. The van der Waals surface area contributed by atoms with Gasteiger partial charge in [0.25, 0.3) is 10.5 Å². The molecule has 0 amide bonds. The van der Waals surface area contributed by atoms with E-state index in [9.17, 15) is 10.1 Å². The molecule has 2 heterocycles. The van der Waals surface area contributed by atoms with Gasteiger partial charge in [-0.3, -0.25) is 10.1 Å². The van der Waals surface area contributed by atoms with Crippen LogP contribution < -0.4 is 16.8 Å². The van der Waals surface area contributed by atoms with Crippen LogP contribution in [-0.4, -0.2) is 4.92 Å². The maximum Gasteiger partial charge on any atom is 0.270 e. The van der Waals surface area contributed by atoms with Crippen molar-refractivity contribution in [3.63, 3.8) is 0 Å². The Morgan fingerprint density at radius 1 is 1.00 bits per heavy atom. The minimum atomic E-state index is -0.361. The first-order valence-electron chi connectivity index (χ1n) is 6.14. The Morgan fingerprint density at radius 2 is 1.81 bits per heavy atom. The second-order valence-electron chi connectivity index (χ2n) is 4.58. The van der Waals surface area contributed by atoms with Crippen LogP contribution in [0.15, 0.2) is 54.6 Å². The molecule has 0 saturated heterocycles. The van der Waals surface area contributed by atoms with E-state index in [4.69, 9.17) is 0 Å². The third kappa shape index (κ3) is 2.02. The predicted molar refractivity (Wildman–Crippen MR) is 79.1 cm³/mol. The number of rotatable bonds is 1. The molecular weight excluding hydrogens is 308 g/mol. The van der Waals surface area contributed by atoms with Crippen molar-refractivity contribution in [2.45, 2.75) is 0 Å². The summed E-state index contributed by atoms with van der Waals surface area (Å²) in [5.74, 6) is 0. The molecule has 0 bridgehead atoms. The molecule has 0 unspecified atom stereocenters. The molecule has 104 valence electrons. The van der Waals surface area contributed by atoms with Crippen LogP contribution >= 0.6 is 11.3 Å². The predicted octanol–water partition coefficient (Wildman–Crippen LogP) is 0.705. The van der Waals surface area contributed by atoms with E-state index in [1.165, 1.54) is 4.70 Å². The molecule has 6 heteroatoms. The number of nitrogens with zero attached hydrogens (tertiary/aromatic N) is 2. The van der Waals surface area contributed by atoms with E-state index in [1.54, 1.807) is 23.5 Å². The van der Waals surface area contributed by atoms with Crippen molar-refractivity contribution in [3.05, 3.63) is 64.7 Å². The zero-order valence-electron chi connectivity index (χ0n) is 10.7. The molecule has 4 rings (SSSR count). The third-order valence-electron chi connectivity index (χ3n) is 3.41. The van der Waals surface area contributed by atoms with Gasteiger partial charge in [-0.1, -0.05) is 23.5 Å². The average molecular weight is 317 g/mol. The smallest absolute Gasteiger partial charge is 0.270 e. The quantitative estimate of drug-likeness (QED) is 0.295. The monoisotopic (exact) mass is 316 g/mol. The largest absolute Gasteiger partial charge is 1.00 e.